The van der Waals surface area contributed by atoms with E-state index < -0.39 is 0 Å². The topological polar surface area (TPSA) is 73.1 Å². The molecule has 5 nitrogen and oxygen atoms in total. The molecule has 0 aliphatic heterocycles. The number of ether oxygens (including phenoxy) is 1. The number of nitrogens with one attached hydrogen (secondary N) is 1. The number of anilines is 2. The van der Waals surface area contributed by atoms with E-state index in [2.05, 4.69) is 36.1 Å². The van der Waals surface area contributed by atoms with Gasteiger partial charge in [-0.1, -0.05) is 20.8 Å². The standard InChI is InChI=1S/C11H20N4O/c1-11(2,3)5-6-13-10-8(16-4)9(12)14-7-15-10/h7H,5-6H2,1-4H3,(H3,12,13,14,15). The summed E-state index contributed by atoms with van der Waals surface area (Å²) in [5.74, 6) is 1.52. The van der Waals surface area contributed by atoms with Crippen LogP contribution in [0.5, 0.6) is 5.75 Å². The van der Waals surface area contributed by atoms with E-state index in [1.807, 2.05) is 0 Å². The lowest BCUT2D eigenvalue weighted by molar-refractivity contribution is 0.388. The van der Waals surface area contributed by atoms with Gasteiger partial charge in [-0.15, -0.1) is 0 Å². The van der Waals surface area contributed by atoms with Crippen molar-refractivity contribution in [1.82, 2.24) is 9.97 Å². The fourth-order valence-electron chi connectivity index (χ4n) is 1.27. The van der Waals surface area contributed by atoms with Crippen molar-refractivity contribution in [2.24, 2.45) is 5.41 Å². The minimum atomic E-state index is 0.290. The monoisotopic (exact) mass is 224 g/mol. The van der Waals surface area contributed by atoms with Crippen LogP contribution in [-0.4, -0.2) is 23.6 Å². The molecule has 0 unspecified atom stereocenters. The maximum Gasteiger partial charge on any atom is 0.203 e. The van der Waals surface area contributed by atoms with E-state index in [0.717, 1.165) is 13.0 Å². The SMILES string of the molecule is COc1c(N)ncnc1NCCC(C)(C)C. The van der Waals surface area contributed by atoms with Gasteiger partial charge in [0, 0.05) is 6.54 Å². The first-order valence-corrected chi connectivity index (χ1v) is 5.32. The summed E-state index contributed by atoms with van der Waals surface area (Å²) in [4.78, 5) is 7.97. The Morgan fingerprint density at radius 3 is 2.62 bits per heavy atom. The van der Waals surface area contributed by atoms with Crippen molar-refractivity contribution in [2.75, 3.05) is 24.7 Å². The average Bonchev–Trinajstić information content (AvgIpc) is 2.16. The fraction of sp³-hybridized carbons (Fsp3) is 0.636. The molecule has 0 saturated carbocycles. The van der Waals surface area contributed by atoms with Crippen molar-refractivity contribution in [1.29, 1.82) is 0 Å². The third-order valence-electron chi connectivity index (χ3n) is 2.20. The molecule has 0 radical (unpaired) electrons. The fourth-order valence-corrected chi connectivity index (χ4v) is 1.27. The third-order valence-corrected chi connectivity index (χ3v) is 2.20. The summed E-state index contributed by atoms with van der Waals surface area (Å²) in [7, 11) is 1.56. The van der Waals surface area contributed by atoms with Crippen LogP contribution >= 0.6 is 0 Å². The van der Waals surface area contributed by atoms with E-state index >= 15 is 0 Å². The molecule has 0 bridgehead atoms. The second kappa shape index (κ2) is 5.01. The molecule has 90 valence electrons. The maximum atomic E-state index is 5.67. The molecule has 0 aliphatic rings. The number of nitrogens with zero attached hydrogens (tertiary/aromatic N) is 2. The molecule has 0 fully saturated rings. The first-order valence-electron chi connectivity index (χ1n) is 5.32. The zero-order valence-corrected chi connectivity index (χ0v) is 10.4. The van der Waals surface area contributed by atoms with Crippen LogP contribution in [-0.2, 0) is 0 Å². The molecule has 5 heteroatoms. The third kappa shape index (κ3) is 3.56. The Bertz CT molecular complexity index is 346. The summed E-state index contributed by atoms with van der Waals surface area (Å²) in [6.45, 7) is 7.41. The predicted molar refractivity (Wildman–Crippen MR) is 65.6 cm³/mol. The Morgan fingerprint density at radius 1 is 1.38 bits per heavy atom. The Labute approximate surface area is 96.4 Å². The van der Waals surface area contributed by atoms with Crippen molar-refractivity contribution in [3.63, 3.8) is 0 Å². The Hall–Kier alpha value is -1.52. The van der Waals surface area contributed by atoms with Gasteiger partial charge in [0.25, 0.3) is 0 Å². The van der Waals surface area contributed by atoms with Crippen LogP contribution in [0.25, 0.3) is 0 Å². The summed E-state index contributed by atoms with van der Waals surface area (Å²) in [6, 6.07) is 0. The highest BCUT2D eigenvalue weighted by atomic mass is 16.5. The summed E-state index contributed by atoms with van der Waals surface area (Å²) in [6.07, 6.45) is 2.47. The van der Waals surface area contributed by atoms with Crippen LogP contribution in [0.15, 0.2) is 6.33 Å². The van der Waals surface area contributed by atoms with Crippen LogP contribution in [0.2, 0.25) is 0 Å². The van der Waals surface area contributed by atoms with Gasteiger partial charge in [0.2, 0.25) is 5.75 Å². The smallest absolute Gasteiger partial charge is 0.203 e. The second-order valence-electron chi connectivity index (χ2n) is 4.88. The number of aromatic nitrogens is 2. The van der Waals surface area contributed by atoms with Crippen LogP contribution < -0.4 is 15.8 Å². The van der Waals surface area contributed by atoms with Gasteiger partial charge in [-0.25, -0.2) is 9.97 Å². The molecule has 0 amide bonds. The van der Waals surface area contributed by atoms with Crippen LogP contribution in [0, 0.1) is 5.41 Å². The van der Waals surface area contributed by atoms with E-state index in [-0.39, 0.29) is 0 Å². The number of hydrogen-bond acceptors (Lipinski definition) is 5. The van der Waals surface area contributed by atoms with Gasteiger partial charge in [0.1, 0.15) is 6.33 Å². The van der Waals surface area contributed by atoms with Gasteiger partial charge in [0.15, 0.2) is 11.6 Å². The highest BCUT2D eigenvalue weighted by Gasteiger charge is 2.12. The van der Waals surface area contributed by atoms with Crippen molar-refractivity contribution in [3.05, 3.63) is 6.33 Å². The molecular weight excluding hydrogens is 204 g/mol. The Kier molecular flexibility index (Phi) is 3.93. The van der Waals surface area contributed by atoms with Crippen LogP contribution in [0.4, 0.5) is 11.6 Å². The van der Waals surface area contributed by atoms with Gasteiger partial charge in [-0.3, -0.25) is 0 Å². The zero-order valence-electron chi connectivity index (χ0n) is 10.4. The van der Waals surface area contributed by atoms with Crippen LogP contribution in [0.3, 0.4) is 0 Å². The van der Waals surface area contributed by atoms with Crippen LogP contribution in [0.1, 0.15) is 27.2 Å². The highest BCUT2D eigenvalue weighted by molar-refractivity contribution is 5.61. The second-order valence-corrected chi connectivity index (χ2v) is 4.88. The first-order chi connectivity index (χ1) is 7.44. The molecule has 16 heavy (non-hydrogen) atoms. The molecule has 3 N–H and O–H groups in total. The zero-order chi connectivity index (χ0) is 12.2. The normalized spacial score (nSPS) is 11.2. The van der Waals surface area contributed by atoms with E-state index in [4.69, 9.17) is 10.5 Å². The predicted octanol–water partition coefficient (Wildman–Crippen LogP) is 1.92. The maximum absolute atomic E-state index is 5.67. The van der Waals surface area contributed by atoms with Gasteiger partial charge in [0.05, 0.1) is 7.11 Å². The average molecular weight is 224 g/mol. The van der Waals surface area contributed by atoms with Crippen molar-refractivity contribution in [3.8, 4) is 5.75 Å². The number of hydrogen-bond donors (Lipinski definition) is 2. The van der Waals surface area contributed by atoms with E-state index in [9.17, 15) is 0 Å². The molecule has 1 heterocycles. The number of methoxy groups -OCH3 is 1. The molecule has 0 spiro atoms. The molecule has 1 aromatic heterocycles. The van der Waals surface area contributed by atoms with Crippen molar-refractivity contribution in [2.45, 2.75) is 27.2 Å². The lowest BCUT2D eigenvalue weighted by atomic mass is 9.92. The summed E-state index contributed by atoms with van der Waals surface area (Å²) in [5, 5.41) is 3.21. The highest BCUT2D eigenvalue weighted by Crippen LogP contribution is 2.27. The number of nitrogens with two attached hydrogens (primary N) is 1. The quantitative estimate of drug-likeness (QED) is 0.817. The molecule has 0 aliphatic carbocycles. The van der Waals surface area contributed by atoms with Gasteiger partial charge in [-0.05, 0) is 11.8 Å². The molecule has 0 atom stereocenters. The van der Waals surface area contributed by atoms with Crippen molar-refractivity contribution >= 4 is 11.6 Å². The minimum absolute atomic E-state index is 0.290. The summed E-state index contributed by atoms with van der Waals surface area (Å²) in [5.41, 5.74) is 5.96. The molecule has 0 saturated heterocycles. The Morgan fingerprint density at radius 2 is 2.06 bits per heavy atom. The van der Waals surface area contributed by atoms with E-state index in [1.165, 1.54) is 6.33 Å². The molecular formula is C11H20N4O. The van der Waals surface area contributed by atoms with E-state index in [1.54, 1.807) is 7.11 Å². The van der Waals surface area contributed by atoms with E-state index in [0.29, 0.717) is 22.8 Å². The largest absolute Gasteiger partial charge is 0.490 e. The van der Waals surface area contributed by atoms with Crippen molar-refractivity contribution < 1.29 is 4.74 Å². The lowest BCUT2D eigenvalue weighted by Crippen LogP contribution is -2.14. The first kappa shape index (κ1) is 12.5. The van der Waals surface area contributed by atoms with Gasteiger partial charge in [-0.2, -0.15) is 0 Å². The minimum Gasteiger partial charge on any atom is -0.490 e. The lowest BCUT2D eigenvalue weighted by Gasteiger charge is -2.19. The Balaban J connectivity index is 2.64. The van der Waals surface area contributed by atoms with Gasteiger partial charge < -0.3 is 15.8 Å². The number of nitrogen functional groups attached to an aromatic ring is 1. The summed E-state index contributed by atoms with van der Waals surface area (Å²) >= 11 is 0. The summed E-state index contributed by atoms with van der Waals surface area (Å²) < 4.78 is 5.15. The molecule has 0 aromatic carbocycles. The van der Waals surface area contributed by atoms with Gasteiger partial charge >= 0.3 is 0 Å². The molecule has 1 rings (SSSR count). The number of rotatable bonds is 4. The molecule has 1 aromatic rings.